The Morgan fingerprint density at radius 2 is 1.76 bits per heavy atom. The first kappa shape index (κ1) is 17.0. The maximum atomic E-state index is 11.9. The molecule has 0 aliphatic rings. The van der Waals surface area contributed by atoms with Gasteiger partial charge in [0.2, 0.25) is 0 Å². The summed E-state index contributed by atoms with van der Waals surface area (Å²) in [4.78, 5) is 16.7. The van der Waals surface area contributed by atoms with Crippen LogP contribution in [-0.4, -0.2) is 17.6 Å². The van der Waals surface area contributed by atoms with Gasteiger partial charge in [-0.15, -0.1) is 0 Å². The third-order valence-corrected chi connectivity index (χ3v) is 4.39. The molecule has 0 fully saturated rings. The number of para-hydroxylation sites is 1. The summed E-state index contributed by atoms with van der Waals surface area (Å²) in [6.45, 7) is 3.93. The number of hydrogen-bond donors (Lipinski definition) is 1. The van der Waals surface area contributed by atoms with Gasteiger partial charge in [0.25, 0.3) is 0 Å². The van der Waals surface area contributed by atoms with Gasteiger partial charge in [-0.1, -0.05) is 29.5 Å². The number of thiazole rings is 1. The number of nitrogens with zero attached hydrogens (tertiary/aromatic N) is 1. The first-order chi connectivity index (χ1) is 12.2. The van der Waals surface area contributed by atoms with Gasteiger partial charge in [-0.3, -0.25) is 0 Å². The van der Waals surface area contributed by atoms with E-state index in [2.05, 4.69) is 10.3 Å². The van der Waals surface area contributed by atoms with E-state index in [9.17, 15) is 4.79 Å². The van der Waals surface area contributed by atoms with Crippen molar-refractivity contribution in [1.29, 1.82) is 0 Å². The number of anilines is 2. The third-order valence-electron chi connectivity index (χ3n) is 3.34. The van der Waals surface area contributed by atoms with Crippen LogP contribution in [0.15, 0.2) is 54.6 Å². The number of ether oxygens (including phenoxy) is 2. The number of rotatable bonds is 6. The van der Waals surface area contributed by atoms with Gasteiger partial charge >= 0.3 is 5.97 Å². The van der Waals surface area contributed by atoms with E-state index in [1.54, 1.807) is 13.8 Å². The van der Waals surface area contributed by atoms with Gasteiger partial charge in [0.1, 0.15) is 16.4 Å². The first-order valence-corrected chi connectivity index (χ1v) is 8.72. The molecule has 1 heterocycles. The second-order valence-corrected chi connectivity index (χ2v) is 6.22. The molecule has 0 aliphatic heterocycles. The number of benzene rings is 2. The van der Waals surface area contributed by atoms with Crippen LogP contribution in [0.3, 0.4) is 0 Å². The van der Waals surface area contributed by atoms with Crippen molar-refractivity contribution in [3.63, 3.8) is 0 Å². The highest BCUT2D eigenvalue weighted by molar-refractivity contribution is 7.17. The van der Waals surface area contributed by atoms with Gasteiger partial charge in [0, 0.05) is 5.69 Å². The molecular formula is C19H18N2O3S. The molecule has 0 unspecified atom stereocenters. The summed E-state index contributed by atoms with van der Waals surface area (Å²) in [5.41, 5.74) is 1.53. The summed E-state index contributed by atoms with van der Waals surface area (Å²) in [7, 11) is 0. The van der Waals surface area contributed by atoms with Crippen molar-refractivity contribution in [2.24, 2.45) is 0 Å². The number of nitrogens with one attached hydrogen (secondary N) is 1. The maximum absolute atomic E-state index is 11.9. The highest BCUT2D eigenvalue weighted by Gasteiger charge is 2.16. The van der Waals surface area contributed by atoms with E-state index in [0.29, 0.717) is 22.3 Å². The topological polar surface area (TPSA) is 60.5 Å². The Kier molecular flexibility index (Phi) is 5.30. The number of carbonyl (C=O) groups excluding carboxylic acids is 1. The number of esters is 1. The smallest absolute Gasteiger partial charge is 0.350 e. The molecule has 0 amide bonds. The first-order valence-electron chi connectivity index (χ1n) is 7.90. The largest absolute Gasteiger partial charge is 0.462 e. The summed E-state index contributed by atoms with van der Waals surface area (Å²) in [6.07, 6.45) is 0. The molecule has 0 atom stereocenters. The van der Waals surface area contributed by atoms with Gasteiger partial charge in [0.15, 0.2) is 5.13 Å². The van der Waals surface area contributed by atoms with E-state index < -0.39 is 0 Å². The number of aryl methyl sites for hydroxylation is 1. The Labute approximate surface area is 150 Å². The normalized spacial score (nSPS) is 10.3. The van der Waals surface area contributed by atoms with E-state index in [-0.39, 0.29) is 5.97 Å². The van der Waals surface area contributed by atoms with Crippen LogP contribution in [-0.2, 0) is 4.74 Å². The van der Waals surface area contributed by atoms with Crippen LogP contribution in [0.25, 0.3) is 0 Å². The minimum Gasteiger partial charge on any atom is -0.462 e. The van der Waals surface area contributed by atoms with Crippen molar-refractivity contribution in [3.05, 3.63) is 65.2 Å². The molecular weight excluding hydrogens is 336 g/mol. The molecule has 0 spiro atoms. The molecule has 1 N–H and O–H groups in total. The molecule has 3 rings (SSSR count). The Balaban J connectivity index is 1.67. The second kappa shape index (κ2) is 7.81. The van der Waals surface area contributed by atoms with Crippen molar-refractivity contribution >= 4 is 28.1 Å². The lowest BCUT2D eigenvalue weighted by atomic mass is 10.3. The molecule has 0 bridgehead atoms. The fraction of sp³-hybridized carbons (Fsp3) is 0.158. The highest BCUT2D eigenvalue weighted by Crippen LogP contribution is 2.28. The molecule has 128 valence electrons. The zero-order chi connectivity index (χ0) is 17.6. The second-order valence-electron chi connectivity index (χ2n) is 5.22. The molecule has 0 saturated carbocycles. The third kappa shape index (κ3) is 4.36. The summed E-state index contributed by atoms with van der Waals surface area (Å²) in [5, 5.41) is 3.85. The average molecular weight is 354 g/mol. The molecule has 3 aromatic rings. The minimum atomic E-state index is -0.336. The van der Waals surface area contributed by atoms with Crippen LogP contribution < -0.4 is 10.1 Å². The predicted octanol–water partition coefficient (Wildman–Crippen LogP) is 5.16. The van der Waals surface area contributed by atoms with Crippen LogP contribution >= 0.6 is 11.3 Å². The molecule has 1 aromatic heterocycles. The minimum absolute atomic E-state index is 0.336. The Morgan fingerprint density at radius 3 is 2.44 bits per heavy atom. The molecule has 6 heteroatoms. The van der Waals surface area contributed by atoms with Crippen molar-refractivity contribution in [2.75, 3.05) is 11.9 Å². The van der Waals surface area contributed by atoms with E-state index in [4.69, 9.17) is 9.47 Å². The van der Waals surface area contributed by atoms with Gasteiger partial charge in [-0.05, 0) is 50.2 Å². The van der Waals surface area contributed by atoms with Gasteiger partial charge < -0.3 is 14.8 Å². The van der Waals surface area contributed by atoms with Crippen LogP contribution in [0.2, 0.25) is 0 Å². The van der Waals surface area contributed by atoms with Gasteiger partial charge in [0.05, 0.1) is 12.3 Å². The fourth-order valence-corrected chi connectivity index (χ4v) is 3.07. The number of hydrogen-bond acceptors (Lipinski definition) is 6. The Morgan fingerprint density at radius 1 is 1.08 bits per heavy atom. The van der Waals surface area contributed by atoms with Crippen LogP contribution in [0, 0.1) is 6.92 Å². The summed E-state index contributed by atoms with van der Waals surface area (Å²) < 4.78 is 10.8. The van der Waals surface area contributed by atoms with Crippen molar-refractivity contribution < 1.29 is 14.3 Å². The SMILES string of the molecule is CCOC(=O)c1sc(Nc2ccc(Oc3ccccc3)cc2)nc1C. The van der Waals surface area contributed by atoms with Crippen LogP contribution in [0.1, 0.15) is 22.3 Å². The summed E-state index contributed by atoms with van der Waals surface area (Å²) in [5.74, 6) is 1.20. The molecule has 2 aromatic carbocycles. The van der Waals surface area contributed by atoms with E-state index in [0.717, 1.165) is 17.2 Å². The van der Waals surface area contributed by atoms with E-state index in [1.807, 2.05) is 54.6 Å². The standard InChI is InChI=1S/C19H18N2O3S/c1-3-23-18(22)17-13(2)20-19(25-17)21-14-9-11-16(12-10-14)24-15-7-5-4-6-8-15/h4-12H,3H2,1-2H3,(H,20,21). The van der Waals surface area contributed by atoms with E-state index >= 15 is 0 Å². The number of carbonyl (C=O) groups is 1. The lowest BCUT2D eigenvalue weighted by Crippen LogP contribution is -2.03. The van der Waals surface area contributed by atoms with Gasteiger partial charge in [-0.25, -0.2) is 9.78 Å². The molecule has 0 aliphatic carbocycles. The average Bonchev–Trinajstić information content (AvgIpc) is 2.98. The highest BCUT2D eigenvalue weighted by atomic mass is 32.1. The maximum Gasteiger partial charge on any atom is 0.350 e. The van der Waals surface area contributed by atoms with Crippen LogP contribution in [0.5, 0.6) is 11.5 Å². The Hall–Kier alpha value is -2.86. The zero-order valence-electron chi connectivity index (χ0n) is 14.0. The zero-order valence-corrected chi connectivity index (χ0v) is 14.8. The molecule has 5 nitrogen and oxygen atoms in total. The molecule has 25 heavy (non-hydrogen) atoms. The van der Waals surface area contributed by atoms with E-state index in [1.165, 1.54) is 11.3 Å². The van der Waals surface area contributed by atoms with Crippen LogP contribution in [0.4, 0.5) is 10.8 Å². The lowest BCUT2D eigenvalue weighted by Gasteiger charge is -2.07. The van der Waals surface area contributed by atoms with Crippen molar-refractivity contribution in [2.45, 2.75) is 13.8 Å². The molecule has 0 radical (unpaired) electrons. The summed E-state index contributed by atoms with van der Waals surface area (Å²) in [6, 6.07) is 17.2. The predicted molar refractivity (Wildman–Crippen MR) is 99.0 cm³/mol. The fourth-order valence-electron chi connectivity index (χ4n) is 2.19. The quantitative estimate of drug-likeness (QED) is 0.619. The van der Waals surface area contributed by atoms with Crippen molar-refractivity contribution in [1.82, 2.24) is 4.98 Å². The Bertz CT molecular complexity index is 845. The van der Waals surface area contributed by atoms with Gasteiger partial charge in [-0.2, -0.15) is 0 Å². The monoisotopic (exact) mass is 354 g/mol. The summed E-state index contributed by atoms with van der Waals surface area (Å²) >= 11 is 1.28. The lowest BCUT2D eigenvalue weighted by molar-refractivity contribution is 0.0531. The number of aromatic nitrogens is 1. The van der Waals surface area contributed by atoms with Crippen molar-refractivity contribution in [3.8, 4) is 11.5 Å². The molecule has 0 saturated heterocycles.